The summed E-state index contributed by atoms with van der Waals surface area (Å²) in [6, 6.07) is 7.97. The van der Waals surface area contributed by atoms with Gasteiger partial charge in [-0.2, -0.15) is 0 Å². The van der Waals surface area contributed by atoms with Gasteiger partial charge in [0.2, 0.25) is 5.91 Å². The average Bonchev–Trinajstić information content (AvgIpc) is 3.31. The number of carbonyl (C=O) groups excluding carboxylic acids is 2. The Bertz CT molecular complexity index is 827. The van der Waals surface area contributed by atoms with Crippen LogP contribution in [0.3, 0.4) is 0 Å². The smallest absolute Gasteiger partial charge is 0.407 e. The highest BCUT2D eigenvalue weighted by Crippen LogP contribution is 2.28. The van der Waals surface area contributed by atoms with Crippen molar-refractivity contribution in [2.45, 2.75) is 64.6 Å². The number of rotatable bonds is 6. The summed E-state index contributed by atoms with van der Waals surface area (Å²) >= 11 is 0. The van der Waals surface area contributed by atoms with Crippen LogP contribution in [0.1, 0.15) is 52.0 Å². The summed E-state index contributed by atoms with van der Waals surface area (Å²) in [4.78, 5) is 28.6. The van der Waals surface area contributed by atoms with Crippen molar-refractivity contribution in [3.8, 4) is 5.69 Å². The number of carbonyl (C=O) groups is 2. The quantitative estimate of drug-likeness (QED) is 0.779. The molecule has 0 aliphatic heterocycles. The van der Waals surface area contributed by atoms with Crippen molar-refractivity contribution in [2.75, 3.05) is 0 Å². The van der Waals surface area contributed by atoms with Crippen LogP contribution in [0.4, 0.5) is 4.79 Å². The predicted octanol–water partition coefficient (Wildman–Crippen LogP) is 3.57. The van der Waals surface area contributed by atoms with Crippen LogP contribution in [0.5, 0.6) is 0 Å². The number of nitrogens with one attached hydrogen (secondary N) is 2. The lowest BCUT2D eigenvalue weighted by molar-refractivity contribution is -0.122. The highest BCUT2D eigenvalue weighted by molar-refractivity contribution is 5.76. The zero-order chi connectivity index (χ0) is 20.9. The van der Waals surface area contributed by atoms with Gasteiger partial charge in [0.1, 0.15) is 5.60 Å². The number of nitrogens with zero attached hydrogens (tertiary/aromatic N) is 2. The average molecular weight is 399 g/mol. The molecule has 0 radical (unpaired) electrons. The van der Waals surface area contributed by atoms with Crippen LogP contribution >= 0.6 is 0 Å². The maximum absolute atomic E-state index is 12.5. The van der Waals surface area contributed by atoms with E-state index in [-0.39, 0.29) is 17.9 Å². The molecular formula is C22H30N4O3. The minimum atomic E-state index is -0.527. The fourth-order valence-electron chi connectivity index (χ4n) is 3.68. The SMILES string of the molecule is CC(C)(C)OC(=O)N[C@@H]1CCC[C@H]1CC(=O)NCc1cccc(-n2ccnc2)c1. The first-order chi connectivity index (χ1) is 13.8. The molecule has 156 valence electrons. The number of hydrogen-bond donors (Lipinski definition) is 2. The van der Waals surface area contributed by atoms with Gasteiger partial charge >= 0.3 is 6.09 Å². The lowest BCUT2D eigenvalue weighted by Crippen LogP contribution is -2.42. The van der Waals surface area contributed by atoms with Gasteiger partial charge in [-0.15, -0.1) is 0 Å². The fourth-order valence-corrected chi connectivity index (χ4v) is 3.68. The molecule has 1 aliphatic carbocycles. The first kappa shape index (κ1) is 20.9. The number of imidazole rings is 1. The van der Waals surface area contributed by atoms with Gasteiger partial charge < -0.3 is 19.9 Å². The minimum absolute atomic E-state index is 0.000854. The van der Waals surface area contributed by atoms with Crippen molar-refractivity contribution in [3.05, 3.63) is 48.5 Å². The Balaban J connectivity index is 1.49. The number of benzene rings is 1. The highest BCUT2D eigenvalue weighted by atomic mass is 16.6. The fraction of sp³-hybridized carbons (Fsp3) is 0.500. The van der Waals surface area contributed by atoms with Gasteiger partial charge in [-0.3, -0.25) is 4.79 Å². The molecule has 1 aromatic carbocycles. The first-order valence-electron chi connectivity index (χ1n) is 10.1. The highest BCUT2D eigenvalue weighted by Gasteiger charge is 2.31. The van der Waals surface area contributed by atoms with Gasteiger partial charge in [0, 0.05) is 37.1 Å². The van der Waals surface area contributed by atoms with Crippen molar-refractivity contribution in [2.24, 2.45) is 5.92 Å². The molecule has 2 atom stereocenters. The van der Waals surface area contributed by atoms with Crippen molar-refractivity contribution in [3.63, 3.8) is 0 Å². The van der Waals surface area contributed by atoms with Gasteiger partial charge in [0.15, 0.2) is 0 Å². The van der Waals surface area contributed by atoms with Crippen LogP contribution in [0.15, 0.2) is 43.0 Å². The summed E-state index contributed by atoms with van der Waals surface area (Å²) in [7, 11) is 0. The summed E-state index contributed by atoms with van der Waals surface area (Å²) in [6.07, 6.45) is 8.18. The molecule has 2 amide bonds. The molecule has 3 rings (SSSR count). The van der Waals surface area contributed by atoms with E-state index in [4.69, 9.17) is 4.74 Å². The molecule has 7 nitrogen and oxygen atoms in total. The van der Waals surface area contributed by atoms with Crippen LogP contribution in [0.25, 0.3) is 5.69 Å². The zero-order valence-electron chi connectivity index (χ0n) is 17.4. The molecule has 0 unspecified atom stereocenters. The normalized spacial score (nSPS) is 19.0. The Morgan fingerprint density at radius 1 is 1.28 bits per heavy atom. The molecule has 0 bridgehead atoms. The van der Waals surface area contributed by atoms with Gasteiger partial charge in [-0.05, 0) is 57.2 Å². The molecule has 29 heavy (non-hydrogen) atoms. The topological polar surface area (TPSA) is 85.2 Å². The predicted molar refractivity (Wildman–Crippen MR) is 111 cm³/mol. The molecule has 1 aromatic heterocycles. The number of ether oxygens (including phenoxy) is 1. The van der Waals surface area contributed by atoms with E-state index in [0.717, 1.165) is 30.5 Å². The van der Waals surface area contributed by atoms with Crippen LogP contribution in [0.2, 0.25) is 0 Å². The van der Waals surface area contributed by atoms with Gasteiger partial charge in [-0.1, -0.05) is 18.6 Å². The first-order valence-corrected chi connectivity index (χ1v) is 10.1. The maximum atomic E-state index is 12.5. The molecule has 2 aromatic rings. The monoisotopic (exact) mass is 398 g/mol. The third-order valence-electron chi connectivity index (χ3n) is 5.01. The van der Waals surface area contributed by atoms with Gasteiger partial charge in [0.05, 0.1) is 6.33 Å². The molecule has 0 spiro atoms. The van der Waals surface area contributed by atoms with E-state index in [1.807, 2.05) is 55.8 Å². The largest absolute Gasteiger partial charge is 0.444 e. The van der Waals surface area contributed by atoms with Crippen LogP contribution in [0, 0.1) is 5.92 Å². The summed E-state index contributed by atoms with van der Waals surface area (Å²) < 4.78 is 7.27. The molecule has 0 saturated heterocycles. The number of hydrogen-bond acceptors (Lipinski definition) is 4. The minimum Gasteiger partial charge on any atom is -0.444 e. The molecular weight excluding hydrogens is 368 g/mol. The Morgan fingerprint density at radius 3 is 2.83 bits per heavy atom. The van der Waals surface area contributed by atoms with Gasteiger partial charge in [0.25, 0.3) is 0 Å². The van der Waals surface area contributed by atoms with E-state index in [0.29, 0.717) is 13.0 Å². The molecule has 1 fully saturated rings. The third kappa shape index (κ3) is 6.34. The summed E-state index contributed by atoms with van der Waals surface area (Å²) in [5, 5.41) is 5.94. The van der Waals surface area contributed by atoms with E-state index in [9.17, 15) is 9.59 Å². The van der Waals surface area contributed by atoms with E-state index in [2.05, 4.69) is 15.6 Å². The molecule has 1 heterocycles. The standard InChI is InChI=1S/C22H30N4O3/c1-22(2,3)29-21(28)25-19-9-5-7-17(19)13-20(27)24-14-16-6-4-8-18(12-16)26-11-10-23-15-26/h4,6,8,10-12,15,17,19H,5,7,9,13-14H2,1-3H3,(H,24,27)(H,25,28)/t17-,19+/m0/s1. The van der Waals surface area contributed by atoms with E-state index in [1.54, 1.807) is 12.5 Å². The second-order valence-corrected chi connectivity index (χ2v) is 8.56. The zero-order valence-corrected chi connectivity index (χ0v) is 17.4. The maximum Gasteiger partial charge on any atom is 0.407 e. The lowest BCUT2D eigenvalue weighted by atomic mass is 9.99. The molecule has 7 heteroatoms. The Morgan fingerprint density at radius 2 is 2.10 bits per heavy atom. The number of aromatic nitrogens is 2. The summed E-state index contributed by atoms with van der Waals surface area (Å²) in [5.74, 6) is 0.140. The number of alkyl carbamates (subject to hydrolysis) is 1. The third-order valence-corrected chi connectivity index (χ3v) is 5.01. The van der Waals surface area contributed by atoms with Crippen molar-refractivity contribution in [1.29, 1.82) is 0 Å². The summed E-state index contributed by atoms with van der Waals surface area (Å²) in [5.41, 5.74) is 1.51. The lowest BCUT2D eigenvalue weighted by Gasteiger charge is -2.24. The van der Waals surface area contributed by atoms with E-state index >= 15 is 0 Å². The van der Waals surface area contributed by atoms with E-state index in [1.165, 1.54) is 0 Å². The van der Waals surface area contributed by atoms with Crippen molar-refractivity contribution >= 4 is 12.0 Å². The molecule has 1 aliphatic rings. The van der Waals surface area contributed by atoms with Gasteiger partial charge in [-0.25, -0.2) is 9.78 Å². The van der Waals surface area contributed by atoms with Crippen LogP contribution in [-0.2, 0) is 16.1 Å². The van der Waals surface area contributed by atoms with Crippen molar-refractivity contribution < 1.29 is 14.3 Å². The van der Waals surface area contributed by atoms with Crippen molar-refractivity contribution in [1.82, 2.24) is 20.2 Å². The molecule has 1 saturated carbocycles. The van der Waals surface area contributed by atoms with Crippen LogP contribution in [-0.4, -0.2) is 33.2 Å². The van der Waals surface area contributed by atoms with E-state index < -0.39 is 11.7 Å². The second-order valence-electron chi connectivity index (χ2n) is 8.56. The Labute approximate surface area is 171 Å². The second kappa shape index (κ2) is 9.11. The molecule has 2 N–H and O–H groups in total. The Kier molecular flexibility index (Phi) is 6.56. The number of amides is 2. The summed E-state index contributed by atoms with van der Waals surface area (Å²) in [6.45, 7) is 5.99. The van der Waals surface area contributed by atoms with Crippen LogP contribution < -0.4 is 10.6 Å². The Hall–Kier alpha value is -2.83.